The Hall–Kier alpha value is -1.94. The maximum atomic E-state index is 10.8. The highest BCUT2D eigenvalue weighted by atomic mass is 32.2. The Morgan fingerprint density at radius 2 is 1.81 bits per heavy atom. The fourth-order valence-corrected chi connectivity index (χ4v) is 2.41. The number of benzene rings is 2. The topological polar surface area (TPSA) is 46.5 Å². The molecule has 0 aromatic heterocycles. The fourth-order valence-electron chi connectivity index (χ4n) is 2.00. The Morgan fingerprint density at radius 1 is 1.14 bits per heavy atom. The van der Waals surface area contributed by atoms with Crippen LogP contribution in [-0.2, 0) is 22.6 Å². The highest BCUT2D eigenvalue weighted by Gasteiger charge is 2.05. The first-order valence-electron chi connectivity index (χ1n) is 6.65. The summed E-state index contributed by atoms with van der Waals surface area (Å²) in [5, 5.41) is 10.1. The van der Waals surface area contributed by atoms with Gasteiger partial charge in [0.25, 0.3) is 0 Å². The number of esters is 1. The molecule has 2 aromatic carbocycles. The molecule has 4 heteroatoms. The molecule has 0 fully saturated rings. The van der Waals surface area contributed by atoms with Crippen LogP contribution < -0.4 is 0 Å². The van der Waals surface area contributed by atoms with Crippen LogP contribution in [0.1, 0.15) is 23.6 Å². The maximum absolute atomic E-state index is 10.8. The molecule has 0 amide bonds. The maximum Gasteiger partial charge on any atom is 0.302 e. The highest BCUT2D eigenvalue weighted by Crippen LogP contribution is 2.23. The minimum absolute atomic E-state index is 0.186. The molecule has 2 aromatic rings. The standard InChI is InChI=1S/C17H18O3S/c1-12(18)20-11-14-3-6-15(17(19)10-14)9-13-4-7-16(21-2)8-5-13/h3-8,10,19H,9,11H2,1-2H3. The van der Waals surface area contributed by atoms with Crippen molar-refractivity contribution in [3.05, 3.63) is 59.2 Å². The molecule has 0 aliphatic rings. The van der Waals surface area contributed by atoms with Gasteiger partial charge in [-0.15, -0.1) is 11.8 Å². The summed E-state index contributed by atoms with van der Waals surface area (Å²) in [4.78, 5) is 12.0. The minimum atomic E-state index is -0.326. The van der Waals surface area contributed by atoms with Gasteiger partial charge in [-0.25, -0.2) is 0 Å². The Kier molecular flexibility index (Phi) is 5.28. The van der Waals surface area contributed by atoms with E-state index in [9.17, 15) is 9.90 Å². The van der Waals surface area contributed by atoms with Crippen LogP contribution >= 0.6 is 11.8 Å². The third-order valence-corrected chi connectivity index (χ3v) is 3.89. The SMILES string of the molecule is CSc1ccc(Cc2ccc(COC(C)=O)cc2O)cc1. The van der Waals surface area contributed by atoms with Gasteiger partial charge in [-0.05, 0) is 41.1 Å². The molecule has 0 unspecified atom stereocenters. The largest absolute Gasteiger partial charge is 0.508 e. The molecule has 0 bridgehead atoms. The monoisotopic (exact) mass is 302 g/mol. The summed E-state index contributed by atoms with van der Waals surface area (Å²) >= 11 is 1.71. The molecule has 0 heterocycles. The first-order chi connectivity index (χ1) is 10.1. The van der Waals surface area contributed by atoms with E-state index in [1.54, 1.807) is 17.8 Å². The van der Waals surface area contributed by atoms with Crippen LogP contribution in [0.3, 0.4) is 0 Å². The molecule has 0 spiro atoms. The Bertz CT molecular complexity index is 620. The van der Waals surface area contributed by atoms with Gasteiger partial charge in [-0.1, -0.05) is 24.3 Å². The normalized spacial score (nSPS) is 10.4. The van der Waals surface area contributed by atoms with Gasteiger partial charge in [0.15, 0.2) is 0 Å². The lowest BCUT2D eigenvalue weighted by molar-refractivity contribution is -0.142. The molecule has 0 saturated heterocycles. The van der Waals surface area contributed by atoms with Crippen molar-refractivity contribution >= 4 is 17.7 Å². The number of ether oxygens (including phenoxy) is 1. The number of phenolic OH excluding ortho intramolecular Hbond substituents is 1. The van der Waals surface area contributed by atoms with Crippen LogP contribution in [0.5, 0.6) is 5.75 Å². The van der Waals surface area contributed by atoms with E-state index >= 15 is 0 Å². The second kappa shape index (κ2) is 7.18. The zero-order valence-corrected chi connectivity index (χ0v) is 12.9. The van der Waals surface area contributed by atoms with Crippen molar-refractivity contribution < 1.29 is 14.6 Å². The van der Waals surface area contributed by atoms with Crippen LogP contribution in [-0.4, -0.2) is 17.3 Å². The molecule has 0 radical (unpaired) electrons. The van der Waals surface area contributed by atoms with Crippen molar-refractivity contribution in [2.24, 2.45) is 0 Å². The quantitative estimate of drug-likeness (QED) is 0.674. The lowest BCUT2D eigenvalue weighted by Gasteiger charge is -2.08. The van der Waals surface area contributed by atoms with Gasteiger partial charge >= 0.3 is 5.97 Å². The number of phenols is 1. The van der Waals surface area contributed by atoms with Gasteiger partial charge < -0.3 is 9.84 Å². The van der Waals surface area contributed by atoms with Gasteiger partial charge in [0.1, 0.15) is 12.4 Å². The Morgan fingerprint density at radius 3 is 2.38 bits per heavy atom. The summed E-state index contributed by atoms with van der Waals surface area (Å²) < 4.78 is 4.91. The zero-order chi connectivity index (χ0) is 15.2. The summed E-state index contributed by atoms with van der Waals surface area (Å²) in [5.41, 5.74) is 2.79. The number of hydrogen-bond acceptors (Lipinski definition) is 4. The molecular formula is C17H18O3S. The van der Waals surface area contributed by atoms with Crippen molar-refractivity contribution in [3.63, 3.8) is 0 Å². The van der Waals surface area contributed by atoms with E-state index in [2.05, 4.69) is 24.3 Å². The Balaban J connectivity index is 2.07. The second-order valence-corrected chi connectivity index (χ2v) is 5.65. The summed E-state index contributed by atoms with van der Waals surface area (Å²) in [6.45, 7) is 1.55. The summed E-state index contributed by atoms with van der Waals surface area (Å²) in [5.74, 6) is -0.0963. The minimum Gasteiger partial charge on any atom is -0.508 e. The van der Waals surface area contributed by atoms with E-state index in [1.807, 2.05) is 18.4 Å². The van der Waals surface area contributed by atoms with E-state index < -0.39 is 0 Å². The van der Waals surface area contributed by atoms with Crippen LogP contribution in [0.15, 0.2) is 47.4 Å². The molecule has 0 atom stereocenters. The molecular weight excluding hydrogens is 284 g/mol. The van der Waals surface area contributed by atoms with E-state index in [0.29, 0.717) is 6.42 Å². The number of aromatic hydroxyl groups is 1. The third-order valence-electron chi connectivity index (χ3n) is 3.15. The zero-order valence-electron chi connectivity index (χ0n) is 12.1. The third kappa shape index (κ3) is 4.53. The molecule has 0 aliphatic heterocycles. The van der Waals surface area contributed by atoms with Gasteiger partial charge in [0.05, 0.1) is 0 Å². The van der Waals surface area contributed by atoms with E-state index in [-0.39, 0.29) is 18.3 Å². The molecule has 0 aliphatic carbocycles. The molecule has 3 nitrogen and oxygen atoms in total. The van der Waals surface area contributed by atoms with Crippen molar-refractivity contribution in [2.45, 2.75) is 24.8 Å². The summed E-state index contributed by atoms with van der Waals surface area (Å²) in [7, 11) is 0. The summed E-state index contributed by atoms with van der Waals surface area (Å²) in [6, 6.07) is 13.7. The average molecular weight is 302 g/mol. The Labute approximate surface area is 129 Å². The van der Waals surface area contributed by atoms with Crippen molar-refractivity contribution in [3.8, 4) is 5.75 Å². The number of thioether (sulfide) groups is 1. The number of rotatable bonds is 5. The first-order valence-corrected chi connectivity index (χ1v) is 7.88. The van der Waals surface area contributed by atoms with Crippen molar-refractivity contribution in [2.75, 3.05) is 6.26 Å². The van der Waals surface area contributed by atoms with E-state index in [0.717, 1.165) is 16.7 Å². The number of carbonyl (C=O) groups excluding carboxylic acids is 1. The lowest BCUT2D eigenvalue weighted by atomic mass is 10.0. The van der Waals surface area contributed by atoms with Crippen molar-refractivity contribution in [1.82, 2.24) is 0 Å². The van der Waals surface area contributed by atoms with E-state index in [1.165, 1.54) is 11.8 Å². The molecule has 110 valence electrons. The van der Waals surface area contributed by atoms with Crippen LogP contribution in [0.25, 0.3) is 0 Å². The van der Waals surface area contributed by atoms with Crippen LogP contribution in [0.2, 0.25) is 0 Å². The molecule has 2 rings (SSSR count). The average Bonchev–Trinajstić information content (AvgIpc) is 2.48. The fraction of sp³-hybridized carbons (Fsp3) is 0.235. The van der Waals surface area contributed by atoms with Gasteiger partial charge in [0, 0.05) is 18.2 Å². The van der Waals surface area contributed by atoms with Crippen LogP contribution in [0, 0.1) is 0 Å². The van der Waals surface area contributed by atoms with Gasteiger partial charge in [-0.2, -0.15) is 0 Å². The van der Waals surface area contributed by atoms with E-state index in [4.69, 9.17) is 4.74 Å². The smallest absolute Gasteiger partial charge is 0.302 e. The van der Waals surface area contributed by atoms with Gasteiger partial charge in [0.2, 0.25) is 0 Å². The second-order valence-electron chi connectivity index (χ2n) is 4.77. The molecule has 1 N–H and O–H groups in total. The van der Waals surface area contributed by atoms with Crippen LogP contribution in [0.4, 0.5) is 0 Å². The lowest BCUT2D eigenvalue weighted by Crippen LogP contribution is -1.99. The summed E-state index contributed by atoms with van der Waals surface area (Å²) in [6.07, 6.45) is 2.72. The van der Waals surface area contributed by atoms with Gasteiger partial charge in [-0.3, -0.25) is 4.79 Å². The molecule has 0 saturated carbocycles. The number of hydrogen-bond donors (Lipinski definition) is 1. The predicted molar refractivity (Wildman–Crippen MR) is 84.6 cm³/mol. The number of carbonyl (C=O) groups is 1. The first kappa shape index (κ1) is 15.4. The highest BCUT2D eigenvalue weighted by molar-refractivity contribution is 7.98. The molecule has 21 heavy (non-hydrogen) atoms. The van der Waals surface area contributed by atoms with Crippen molar-refractivity contribution in [1.29, 1.82) is 0 Å². The predicted octanol–water partition coefficient (Wildman–Crippen LogP) is 3.77.